The van der Waals surface area contributed by atoms with E-state index in [-0.39, 0.29) is 29.6 Å². The normalized spacial score (nSPS) is 10.8. The first-order chi connectivity index (χ1) is 11.9. The molecule has 0 amide bonds. The van der Waals surface area contributed by atoms with Crippen LogP contribution in [0, 0.1) is 6.42 Å². The van der Waals surface area contributed by atoms with E-state index in [1.54, 1.807) is 0 Å². The molecule has 0 saturated carbocycles. The molecule has 0 aliphatic heterocycles. The monoisotopic (exact) mass is 402 g/mol. The molecule has 0 rings (SSSR count). The van der Waals surface area contributed by atoms with Crippen LogP contribution in [0.3, 0.4) is 0 Å². The van der Waals surface area contributed by atoms with Crippen molar-refractivity contribution in [3.05, 3.63) is 6.42 Å². The van der Waals surface area contributed by atoms with Gasteiger partial charge in [0.15, 0.2) is 0 Å². The van der Waals surface area contributed by atoms with Crippen LogP contribution >= 0.6 is 0 Å². The average Bonchev–Trinajstić information content (AvgIpc) is 2.53. The summed E-state index contributed by atoms with van der Waals surface area (Å²) in [5.41, 5.74) is 0. The van der Waals surface area contributed by atoms with Gasteiger partial charge in [0.2, 0.25) is 0 Å². The third-order valence-electron chi connectivity index (χ3n) is 4.27. The summed E-state index contributed by atoms with van der Waals surface area (Å²) in [6.07, 6.45) is 26.9. The van der Waals surface area contributed by atoms with Gasteiger partial charge in [-0.2, -0.15) is 21.3 Å². The average molecular weight is 403 g/mol. The van der Waals surface area contributed by atoms with Gasteiger partial charge >= 0.3 is 40.0 Å². The number of rotatable bonds is 17. The SMILES string of the molecule is CCCCCCCCC[CH-]CCCCCCCCCC.O=S(=O)(O)O.[Na+]. The summed E-state index contributed by atoms with van der Waals surface area (Å²) < 4.78 is 31.6. The van der Waals surface area contributed by atoms with Crippen molar-refractivity contribution in [2.24, 2.45) is 0 Å². The third-order valence-corrected chi connectivity index (χ3v) is 4.27. The number of hydrogen-bond acceptors (Lipinski definition) is 2. The molecular weight excluding hydrogens is 359 g/mol. The van der Waals surface area contributed by atoms with Crippen LogP contribution in [-0.4, -0.2) is 17.5 Å². The fraction of sp³-hybridized carbons (Fsp3) is 0.950. The minimum Gasteiger partial charge on any atom is -0.328 e. The first-order valence-corrected chi connectivity index (χ1v) is 11.8. The van der Waals surface area contributed by atoms with Gasteiger partial charge in [-0.3, -0.25) is 9.11 Å². The van der Waals surface area contributed by atoms with E-state index in [4.69, 9.17) is 17.5 Å². The molecule has 0 fully saturated rings. The molecule has 0 radical (unpaired) electrons. The van der Waals surface area contributed by atoms with Crippen molar-refractivity contribution in [1.82, 2.24) is 0 Å². The van der Waals surface area contributed by atoms with Crippen LogP contribution in [0.2, 0.25) is 0 Å². The molecule has 0 saturated heterocycles. The summed E-state index contributed by atoms with van der Waals surface area (Å²) in [6, 6.07) is 0. The zero-order chi connectivity index (χ0) is 19.2. The molecule has 26 heavy (non-hydrogen) atoms. The molecule has 0 unspecified atom stereocenters. The fourth-order valence-electron chi connectivity index (χ4n) is 2.81. The standard InChI is InChI=1S/C20H41.Na.H2O4S/c1-3-5-7-9-11-13-15-17-19-20-18-16-14-12-10-8-6-4-2;;1-5(2,3)4/h19H,3-18,20H2,1-2H3;;(H2,1,2,3,4)/q-1;+1;. The number of unbranched alkanes of at least 4 members (excludes halogenated alkanes) is 17. The van der Waals surface area contributed by atoms with E-state index in [9.17, 15) is 0 Å². The third kappa shape index (κ3) is 44.4. The second-order valence-electron chi connectivity index (χ2n) is 6.91. The van der Waals surface area contributed by atoms with E-state index in [0.29, 0.717) is 0 Å². The Kier molecular flexibility index (Phi) is 31.4. The minimum absolute atomic E-state index is 0. The Balaban J connectivity index is -0.000000772. The van der Waals surface area contributed by atoms with E-state index in [1.165, 1.54) is 109 Å². The zero-order valence-electron chi connectivity index (χ0n) is 17.7. The van der Waals surface area contributed by atoms with E-state index >= 15 is 0 Å². The van der Waals surface area contributed by atoms with Gasteiger partial charge in [-0.1, -0.05) is 110 Å². The smallest absolute Gasteiger partial charge is 0.328 e. The maximum Gasteiger partial charge on any atom is 1.00 e. The van der Waals surface area contributed by atoms with Gasteiger partial charge in [-0.15, -0.1) is 0 Å². The molecule has 2 N–H and O–H groups in total. The Hall–Kier alpha value is 0.870. The maximum absolute atomic E-state index is 8.74. The van der Waals surface area contributed by atoms with Gasteiger partial charge in [0.05, 0.1) is 0 Å². The molecule has 0 spiro atoms. The van der Waals surface area contributed by atoms with Gasteiger partial charge in [0.25, 0.3) is 0 Å². The van der Waals surface area contributed by atoms with Crippen LogP contribution in [0.15, 0.2) is 0 Å². The molecule has 0 heterocycles. The predicted octanol–water partition coefficient (Wildman–Crippen LogP) is 4.21. The van der Waals surface area contributed by atoms with E-state index in [2.05, 4.69) is 20.3 Å². The topological polar surface area (TPSA) is 74.6 Å². The molecule has 0 aliphatic carbocycles. The summed E-state index contributed by atoms with van der Waals surface area (Å²) in [5.74, 6) is 0. The van der Waals surface area contributed by atoms with Crippen LogP contribution in [0.1, 0.15) is 123 Å². The summed E-state index contributed by atoms with van der Waals surface area (Å²) in [6.45, 7) is 4.58. The van der Waals surface area contributed by atoms with E-state index < -0.39 is 10.4 Å². The molecule has 0 aromatic carbocycles. The van der Waals surface area contributed by atoms with Crippen LogP contribution in [0.4, 0.5) is 0 Å². The Bertz CT molecular complexity index is 309. The molecule has 0 aliphatic rings. The maximum atomic E-state index is 8.74. The minimum atomic E-state index is -4.67. The molecule has 0 aromatic rings. The van der Waals surface area contributed by atoms with Crippen molar-refractivity contribution >= 4 is 10.4 Å². The Morgan fingerprint density at radius 1 is 0.577 bits per heavy atom. The van der Waals surface area contributed by atoms with Crippen molar-refractivity contribution in [2.75, 3.05) is 0 Å². The second kappa shape index (κ2) is 25.9. The summed E-state index contributed by atoms with van der Waals surface area (Å²) in [7, 11) is -4.67. The first-order valence-electron chi connectivity index (χ1n) is 10.4. The van der Waals surface area contributed by atoms with Crippen molar-refractivity contribution in [2.45, 2.75) is 123 Å². The van der Waals surface area contributed by atoms with Crippen molar-refractivity contribution < 1.29 is 47.1 Å². The zero-order valence-corrected chi connectivity index (χ0v) is 20.5. The Labute approximate surface area is 186 Å². The van der Waals surface area contributed by atoms with Crippen LogP contribution in [0.5, 0.6) is 0 Å². The molecule has 0 atom stereocenters. The van der Waals surface area contributed by atoms with Crippen LogP contribution < -0.4 is 29.6 Å². The molecular formula is C20H43NaO4S. The Morgan fingerprint density at radius 3 is 1.08 bits per heavy atom. The largest absolute Gasteiger partial charge is 1.00 e. The van der Waals surface area contributed by atoms with Gasteiger partial charge in [0, 0.05) is 0 Å². The molecule has 154 valence electrons. The van der Waals surface area contributed by atoms with Crippen LogP contribution in [-0.2, 0) is 10.4 Å². The van der Waals surface area contributed by atoms with Crippen molar-refractivity contribution in [3.8, 4) is 0 Å². The van der Waals surface area contributed by atoms with Gasteiger partial charge in [-0.05, 0) is 0 Å². The molecule has 6 heteroatoms. The molecule has 4 nitrogen and oxygen atoms in total. The molecule has 0 bridgehead atoms. The fourth-order valence-corrected chi connectivity index (χ4v) is 2.81. The predicted molar refractivity (Wildman–Crippen MR) is 108 cm³/mol. The number of hydrogen-bond donors (Lipinski definition) is 2. The van der Waals surface area contributed by atoms with Gasteiger partial charge in [0.1, 0.15) is 0 Å². The van der Waals surface area contributed by atoms with Crippen molar-refractivity contribution in [3.63, 3.8) is 0 Å². The quantitative estimate of drug-likeness (QED) is 0.165. The summed E-state index contributed by atoms with van der Waals surface area (Å²) in [5, 5.41) is 0. The van der Waals surface area contributed by atoms with E-state index in [1.807, 2.05) is 0 Å². The van der Waals surface area contributed by atoms with Crippen LogP contribution in [0.25, 0.3) is 0 Å². The first kappa shape index (κ1) is 31.6. The van der Waals surface area contributed by atoms with E-state index in [0.717, 1.165) is 0 Å². The van der Waals surface area contributed by atoms with Crippen molar-refractivity contribution in [1.29, 1.82) is 0 Å². The summed E-state index contributed by atoms with van der Waals surface area (Å²) in [4.78, 5) is 0. The molecule has 0 aromatic heterocycles. The van der Waals surface area contributed by atoms with Gasteiger partial charge in [-0.25, -0.2) is 0 Å². The summed E-state index contributed by atoms with van der Waals surface area (Å²) >= 11 is 0. The Morgan fingerprint density at radius 2 is 0.808 bits per heavy atom. The second-order valence-corrected chi connectivity index (χ2v) is 7.81. The van der Waals surface area contributed by atoms with Gasteiger partial charge < -0.3 is 6.42 Å².